The smallest absolute Gasteiger partial charge is 0.00162 e. The molecule has 1 saturated heterocycles. The zero-order valence-corrected chi connectivity index (χ0v) is 12.0. The van der Waals surface area contributed by atoms with Crippen molar-refractivity contribution in [2.45, 2.75) is 58.8 Å². The summed E-state index contributed by atoms with van der Waals surface area (Å²) < 4.78 is 0. The Kier molecular flexibility index (Phi) is 7.87. The van der Waals surface area contributed by atoms with E-state index in [1.807, 2.05) is 0 Å². The highest BCUT2D eigenvalue weighted by atomic mass is 15.1. The maximum atomic E-state index is 5.65. The molecule has 0 aromatic carbocycles. The van der Waals surface area contributed by atoms with Gasteiger partial charge in [-0.3, -0.25) is 0 Å². The van der Waals surface area contributed by atoms with Gasteiger partial charge in [0, 0.05) is 0 Å². The largest absolute Gasteiger partial charge is 0.330 e. The van der Waals surface area contributed by atoms with Crippen molar-refractivity contribution < 1.29 is 0 Å². The van der Waals surface area contributed by atoms with E-state index in [0.717, 1.165) is 18.4 Å². The lowest BCUT2D eigenvalue weighted by molar-refractivity contribution is 0.264. The number of likely N-dealkylation sites (tertiary alicyclic amines) is 1. The second kappa shape index (κ2) is 8.93. The van der Waals surface area contributed by atoms with Gasteiger partial charge < -0.3 is 10.6 Å². The van der Waals surface area contributed by atoms with Crippen LogP contribution in [-0.4, -0.2) is 31.1 Å². The summed E-state index contributed by atoms with van der Waals surface area (Å²) in [4.78, 5) is 2.68. The standard InChI is InChI=1S/C15H32N2/c1-3-15(8-10-16)7-5-12-17-11-4-6-14(2)9-13-17/h14-15H,3-13,16H2,1-2H3. The third kappa shape index (κ3) is 6.42. The summed E-state index contributed by atoms with van der Waals surface area (Å²) in [5.41, 5.74) is 5.65. The molecule has 2 nitrogen and oxygen atoms in total. The van der Waals surface area contributed by atoms with Crippen molar-refractivity contribution in [3.05, 3.63) is 0 Å². The molecule has 2 unspecified atom stereocenters. The van der Waals surface area contributed by atoms with Gasteiger partial charge in [0.2, 0.25) is 0 Å². The Morgan fingerprint density at radius 1 is 1.24 bits per heavy atom. The van der Waals surface area contributed by atoms with Gasteiger partial charge in [0.1, 0.15) is 0 Å². The summed E-state index contributed by atoms with van der Waals surface area (Å²) >= 11 is 0. The molecule has 0 aliphatic carbocycles. The Bertz CT molecular complexity index is 182. The van der Waals surface area contributed by atoms with Crippen LogP contribution in [0, 0.1) is 11.8 Å². The molecular weight excluding hydrogens is 208 g/mol. The van der Waals surface area contributed by atoms with Crippen LogP contribution in [0.25, 0.3) is 0 Å². The van der Waals surface area contributed by atoms with Crippen LogP contribution < -0.4 is 5.73 Å². The Morgan fingerprint density at radius 2 is 2.06 bits per heavy atom. The summed E-state index contributed by atoms with van der Waals surface area (Å²) in [6, 6.07) is 0. The molecule has 102 valence electrons. The SMILES string of the molecule is CCC(CCN)CCCN1CCCC(C)CC1. The molecular formula is C15H32N2. The lowest BCUT2D eigenvalue weighted by Gasteiger charge is -2.21. The van der Waals surface area contributed by atoms with Gasteiger partial charge in [0.15, 0.2) is 0 Å². The van der Waals surface area contributed by atoms with E-state index in [1.54, 1.807) is 0 Å². The summed E-state index contributed by atoms with van der Waals surface area (Å²) in [6.07, 6.45) is 9.50. The van der Waals surface area contributed by atoms with E-state index in [-0.39, 0.29) is 0 Å². The average Bonchev–Trinajstić information content (AvgIpc) is 2.53. The topological polar surface area (TPSA) is 29.3 Å². The normalized spacial score (nSPS) is 24.5. The minimum Gasteiger partial charge on any atom is -0.330 e. The van der Waals surface area contributed by atoms with Gasteiger partial charge in [-0.2, -0.15) is 0 Å². The lowest BCUT2D eigenvalue weighted by Crippen LogP contribution is -2.26. The van der Waals surface area contributed by atoms with Crippen molar-refractivity contribution in [3.8, 4) is 0 Å². The van der Waals surface area contributed by atoms with E-state index in [4.69, 9.17) is 5.73 Å². The zero-order valence-electron chi connectivity index (χ0n) is 12.0. The van der Waals surface area contributed by atoms with Crippen molar-refractivity contribution in [1.29, 1.82) is 0 Å². The van der Waals surface area contributed by atoms with Crippen molar-refractivity contribution in [1.82, 2.24) is 4.90 Å². The number of hydrogen-bond donors (Lipinski definition) is 1. The molecule has 2 N–H and O–H groups in total. The first-order valence-electron chi connectivity index (χ1n) is 7.68. The lowest BCUT2D eigenvalue weighted by atomic mass is 9.96. The molecule has 0 radical (unpaired) electrons. The first kappa shape index (κ1) is 15.0. The Morgan fingerprint density at radius 3 is 2.76 bits per heavy atom. The highest BCUT2D eigenvalue weighted by molar-refractivity contribution is 4.68. The number of nitrogens with zero attached hydrogens (tertiary/aromatic N) is 1. The maximum absolute atomic E-state index is 5.65. The fourth-order valence-corrected chi connectivity index (χ4v) is 2.94. The first-order chi connectivity index (χ1) is 8.26. The number of nitrogens with two attached hydrogens (primary N) is 1. The van der Waals surface area contributed by atoms with Crippen LogP contribution in [-0.2, 0) is 0 Å². The number of hydrogen-bond acceptors (Lipinski definition) is 2. The molecule has 1 aliphatic heterocycles. The van der Waals surface area contributed by atoms with Crippen LogP contribution in [0.2, 0.25) is 0 Å². The number of rotatable bonds is 7. The molecule has 1 fully saturated rings. The van der Waals surface area contributed by atoms with E-state index >= 15 is 0 Å². The maximum Gasteiger partial charge on any atom is -0.00162 e. The molecule has 2 atom stereocenters. The van der Waals surface area contributed by atoms with E-state index < -0.39 is 0 Å². The molecule has 1 heterocycles. The van der Waals surface area contributed by atoms with Gasteiger partial charge in [-0.1, -0.05) is 20.3 Å². The van der Waals surface area contributed by atoms with Gasteiger partial charge in [-0.05, 0) is 76.5 Å². The highest BCUT2D eigenvalue weighted by Crippen LogP contribution is 2.18. The summed E-state index contributed by atoms with van der Waals surface area (Å²) in [5.74, 6) is 1.81. The average molecular weight is 240 g/mol. The predicted octanol–water partition coefficient (Wildman–Crippen LogP) is 3.26. The van der Waals surface area contributed by atoms with Gasteiger partial charge in [0.25, 0.3) is 0 Å². The van der Waals surface area contributed by atoms with Crippen LogP contribution in [0.4, 0.5) is 0 Å². The van der Waals surface area contributed by atoms with Crippen molar-refractivity contribution in [3.63, 3.8) is 0 Å². The van der Waals surface area contributed by atoms with Crippen molar-refractivity contribution >= 4 is 0 Å². The second-order valence-electron chi connectivity index (χ2n) is 5.87. The third-order valence-corrected chi connectivity index (χ3v) is 4.35. The quantitative estimate of drug-likeness (QED) is 0.740. The molecule has 0 amide bonds. The first-order valence-corrected chi connectivity index (χ1v) is 7.68. The molecule has 17 heavy (non-hydrogen) atoms. The fraction of sp³-hybridized carbons (Fsp3) is 1.00. The summed E-state index contributed by atoms with van der Waals surface area (Å²) in [5, 5.41) is 0. The van der Waals surface area contributed by atoms with Gasteiger partial charge in [-0.25, -0.2) is 0 Å². The van der Waals surface area contributed by atoms with Gasteiger partial charge >= 0.3 is 0 Å². The zero-order chi connectivity index (χ0) is 12.5. The van der Waals surface area contributed by atoms with E-state index in [9.17, 15) is 0 Å². The molecule has 1 rings (SSSR count). The molecule has 0 aromatic rings. The van der Waals surface area contributed by atoms with E-state index in [1.165, 1.54) is 64.6 Å². The van der Waals surface area contributed by atoms with E-state index in [0.29, 0.717) is 0 Å². The second-order valence-corrected chi connectivity index (χ2v) is 5.87. The molecule has 2 heteroatoms. The molecule has 0 aromatic heterocycles. The monoisotopic (exact) mass is 240 g/mol. The highest BCUT2D eigenvalue weighted by Gasteiger charge is 2.13. The molecule has 1 aliphatic rings. The molecule has 0 saturated carbocycles. The van der Waals surface area contributed by atoms with Gasteiger partial charge in [0.05, 0.1) is 0 Å². The van der Waals surface area contributed by atoms with Crippen LogP contribution in [0.3, 0.4) is 0 Å². The van der Waals surface area contributed by atoms with Crippen LogP contribution in [0.1, 0.15) is 58.8 Å². The van der Waals surface area contributed by atoms with Crippen LogP contribution in [0.5, 0.6) is 0 Å². The minimum atomic E-state index is 0.861. The molecule has 0 bridgehead atoms. The fourth-order valence-electron chi connectivity index (χ4n) is 2.94. The summed E-state index contributed by atoms with van der Waals surface area (Å²) in [7, 11) is 0. The van der Waals surface area contributed by atoms with Crippen molar-refractivity contribution in [2.24, 2.45) is 17.6 Å². The molecule has 0 spiro atoms. The van der Waals surface area contributed by atoms with Crippen LogP contribution >= 0.6 is 0 Å². The predicted molar refractivity (Wildman–Crippen MR) is 76.1 cm³/mol. The minimum absolute atomic E-state index is 0.861. The third-order valence-electron chi connectivity index (χ3n) is 4.35. The Labute approximate surface area is 108 Å². The Hall–Kier alpha value is -0.0800. The van der Waals surface area contributed by atoms with E-state index in [2.05, 4.69) is 18.7 Å². The van der Waals surface area contributed by atoms with Crippen molar-refractivity contribution in [2.75, 3.05) is 26.2 Å². The van der Waals surface area contributed by atoms with Gasteiger partial charge in [-0.15, -0.1) is 0 Å². The Balaban J connectivity index is 2.12. The van der Waals surface area contributed by atoms with Crippen LogP contribution in [0.15, 0.2) is 0 Å². The summed E-state index contributed by atoms with van der Waals surface area (Å²) in [6.45, 7) is 9.53.